The summed E-state index contributed by atoms with van der Waals surface area (Å²) in [6, 6.07) is 11.6. The Morgan fingerprint density at radius 2 is 1.71 bits per heavy atom. The van der Waals surface area contributed by atoms with Crippen molar-refractivity contribution in [2.75, 3.05) is 11.9 Å². The van der Waals surface area contributed by atoms with E-state index >= 15 is 0 Å². The van der Waals surface area contributed by atoms with E-state index in [4.69, 9.17) is 9.47 Å². The van der Waals surface area contributed by atoms with Crippen molar-refractivity contribution in [3.63, 3.8) is 0 Å². The first-order chi connectivity index (χ1) is 13.2. The van der Waals surface area contributed by atoms with Crippen molar-refractivity contribution >= 4 is 17.6 Å². The minimum Gasteiger partial charge on any atom is -0.482 e. The molecule has 1 amide bonds. The molecule has 0 aliphatic carbocycles. The molecule has 0 bridgehead atoms. The molecule has 28 heavy (non-hydrogen) atoms. The van der Waals surface area contributed by atoms with Gasteiger partial charge in [0, 0.05) is 5.69 Å². The summed E-state index contributed by atoms with van der Waals surface area (Å²) in [6.45, 7) is 11.3. The average Bonchev–Trinajstić information content (AvgIpc) is 2.62. The van der Waals surface area contributed by atoms with E-state index in [2.05, 4.69) is 19.2 Å². The topological polar surface area (TPSA) is 64.6 Å². The summed E-state index contributed by atoms with van der Waals surface area (Å²) in [5.74, 6) is -0.0621. The van der Waals surface area contributed by atoms with Gasteiger partial charge in [-0.3, -0.25) is 4.79 Å². The smallest absolute Gasteiger partial charge is 0.344 e. The van der Waals surface area contributed by atoms with Gasteiger partial charge in [-0.25, -0.2) is 4.79 Å². The molecule has 0 heterocycles. The van der Waals surface area contributed by atoms with Crippen LogP contribution in [0.2, 0.25) is 0 Å². The molecule has 1 atom stereocenters. The zero-order valence-electron chi connectivity index (χ0n) is 17.5. The first-order valence-corrected chi connectivity index (χ1v) is 9.49. The Morgan fingerprint density at radius 1 is 1.00 bits per heavy atom. The third-order valence-corrected chi connectivity index (χ3v) is 4.53. The Balaban J connectivity index is 1.94. The van der Waals surface area contributed by atoms with Crippen molar-refractivity contribution < 1.29 is 19.1 Å². The molecular formula is C23H29NO4. The maximum Gasteiger partial charge on any atom is 0.344 e. The fraction of sp³-hybridized carbons (Fsp3) is 0.391. The predicted octanol–water partition coefficient (Wildman–Crippen LogP) is 4.68. The van der Waals surface area contributed by atoms with Crippen LogP contribution in [-0.2, 0) is 14.3 Å². The highest BCUT2D eigenvalue weighted by atomic mass is 16.6. The first-order valence-electron chi connectivity index (χ1n) is 9.49. The zero-order chi connectivity index (χ0) is 20.8. The van der Waals surface area contributed by atoms with Crippen LogP contribution in [0.5, 0.6) is 5.75 Å². The number of hydrogen-bond acceptors (Lipinski definition) is 4. The number of para-hydroxylation sites is 1. The van der Waals surface area contributed by atoms with E-state index < -0.39 is 12.1 Å². The molecule has 2 rings (SSSR count). The van der Waals surface area contributed by atoms with Crippen LogP contribution < -0.4 is 10.1 Å². The Bertz CT molecular complexity index is 858. The van der Waals surface area contributed by atoms with Gasteiger partial charge in [-0.1, -0.05) is 49.7 Å². The van der Waals surface area contributed by atoms with Gasteiger partial charge in [-0.15, -0.1) is 0 Å². The number of rotatable bonds is 7. The third kappa shape index (κ3) is 5.59. The van der Waals surface area contributed by atoms with Crippen molar-refractivity contribution in [2.24, 2.45) is 0 Å². The molecule has 1 N–H and O–H groups in total. The molecule has 0 saturated carbocycles. The van der Waals surface area contributed by atoms with Crippen molar-refractivity contribution in [1.29, 1.82) is 0 Å². The zero-order valence-corrected chi connectivity index (χ0v) is 17.5. The van der Waals surface area contributed by atoms with E-state index in [0.29, 0.717) is 5.75 Å². The maximum atomic E-state index is 12.5. The van der Waals surface area contributed by atoms with Crippen LogP contribution in [0.3, 0.4) is 0 Å². The largest absolute Gasteiger partial charge is 0.482 e. The van der Waals surface area contributed by atoms with E-state index in [1.54, 1.807) is 6.92 Å². The molecule has 5 nitrogen and oxygen atoms in total. The van der Waals surface area contributed by atoms with Gasteiger partial charge in [0.1, 0.15) is 5.75 Å². The Hall–Kier alpha value is -2.82. The predicted molar refractivity (Wildman–Crippen MR) is 111 cm³/mol. The highest BCUT2D eigenvalue weighted by Crippen LogP contribution is 2.27. The van der Waals surface area contributed by atoms with Crippen LogP contribution in [-0.4, -0.2) is 24.6 Å². The lowest BCUT2D eigenvalue weighted by atomic mass is 9.98. The summed E-state index contributed by atoms with van der Waals surface area (Å²) in [4.78, 5) is 24.6. The van der Waals surface area contributed by atoms with Gasteiger partial charge in [-0.05, 0) is 56.4 Å². The second-order valence-electron chi connectivity index (χ2n) is 7.37. The number of hydrogen-bond donors (Lipinski definition) is 1. The number of esters is 1. The summed E-state index contributed by atoms with van der Waals surface area (Å²) < 4.78 is 10.7. The van der Waals surface area contributed by atoms with Crippen LogP contribution in [0.4, 0.5) is 5.69 Å². The van der Waals surface area contributed by atoms with Gasteiger partial charge < -0.3 is 14.8 Å². The molecule has 0 saturated heterocycles. The third-order valence-electron chi connectivity index (χ3n) is 4.53. The van der Waals surface area contributed by atoms with Gasteiger partial charge in [-0.2, -0.15) is 0 Å². The monoisotopic (exact) mass is 383 g/mol. The van der Waals surface area contributed by atoms with E-state index in [1.807, 2.05) is 57.2 Å². The quantitative estimate of drug-likeness (QED) is 0.705. The number of amides is 1. The second kappa shape index (κ2) is 9.40. The highest BCUT2D eigenvalue weighted by Gasteiger charge is 2.20. The van der Waals surface area contributed by atoms with Crippen molar-refractivity contribution in [2.45, 2.75) is 53.6 Å². The lowest BCUT2D eigenvalue weighted by Crippen LogP contribution is -2.32. The molecule has 0 aromatic heterocycles. The minimum absolute atomic E-state index is 0.247. The molecule has 5 heteroatoms. The number of anilines is 1. The van der Waals surface area contributed by atoms with Gasteiger partial charge in [0.05, 0.1) is 0 Å². The van der Waals surface area contributed by atoms with Crippen LogP contribution in [0.25, 0.3) is 0 Å². The van der Waals surface area contributed by atoms with Crippen molar-refractivity contribution in [3.05, 3.63) is 58.7 Å². The maximum absolute atomic E-state index is 12.5. The number of aryl methyl sites for hydroxylation is 3. The van der Waals surface area contributed by atoms with E-state index in [-0.39, 0.29) is 18.4 Å². The van der Waals surface area contributed by atoms with Crippen LogP contribution in [0.1, 0.15) is 48.9 Å². The normalized spacial score (nSPS) is 11.8. The molecule has 150 valence electrons. The molecule has 0 radical (unpaired) electrons. The second-order valence-corrected chi connectivity index (χ2v) is 7.37. The van der Waals surface area contributed by atoms with Crippen molar-refractivity contribution in [1.82, 2.24) is 0 Å². The van der Waals surface area contributed by atoms with Gasteiger partial charge in [0.25, 0.3) is 5.91 Å². The molecular weight excluding hydrogens is 354 g/mol. The van der Waals surface area contributed by atoms with E-state index in [9.17, 15) is 9.59 Å². The Kier molecular flexibility index (Phi) is 7.21. The molecule has 2 aromatic rings. The summed E-state index contributed by atoms with van der Waals surface area (Å²) in [6.07, 6.45) is -0.921. The van der Waals surface area contributed by atoms with Gasteiger partial charge in [0.2, 0.25) is 0 Å². The minimum atomic E-state index is -0.921. The number of carbonyl (C=O) groups excluding carboxylic acids is 2. The molecule has 0 unspecified atom stereocenters. The highest BCUT2D eigenvalue weighted by molar-refractivity contribution is 5.96. The lowest BCUT2D eigenvalue weighted by Gasteiger charge is -2.19. The van der Waals surface area contributed by atoms with Crippen LogP contribution >= 0.6 is 0 Å². The fourth-order valence-corrected chi connectivity index (χ4v) is 2.95. The SMILES string of the molecule is Cc1ccc(OCC(=O)O[C@@H](C)C(=O)Nc2c(C)cccc2C(C)C)c(C)c1. The summed E-state index contributed by atoms with van der Waals surface area (Å²) in [5, 5.41) is 2.90. The Labute approximate surface area is 167 Å². The van der Waals surface area contributed by atoms with Gasteiger partial charge in [0.15, 0.2) is 12.7 Å². The average molecular weight is 383 g/mol. The summed E-state index contributed by atoms with van der Waals surface area (Å²) in [7, 11) is 0. The number of benzene rings is 2. The first kappa shape index (κ1) is 21.5. The van der Waals surface area contributed by atoms with Gasteiger partial charge >= 0.3 is 5.97 Å². The number of ether oxygens (including phenoxy) is 2. The van der Waals surface area contributed by atoms with Crippen LogP contribution in [0, 0.1) is 20.8 Å². The molecule has 0 spiro atoms. The molecule has 0 fully saturated rings. The lowest BCUT2D eigenvalue weighted by molar-refractivity contribution is -0.155. The number of nitrogens with one attached hydrogen (secondary N) is 1. The summed E-state index contributed by atoms with van der Waals surface area (Å²) >= 11 is 0. The molecule has 2 aromatic carbocycles. The standard InChI is InChI=1S/C23H29NO4/c1-14(2)19-9-7-8-16(4)22(19)24-23(26)18(6)28-21(25)13-27-20-11-10-15(3)12-17(20)5/h7-12,14,18H,13H2,1-6H3,(H,24,26)/t18-/m0/s1. The van der Waals surface area contributed by atoms with E-state index in [0.717, 1.165) is 27.9 Å². The van der Waals surface area contributed by atoms with E-state index in [1.165, 1.54) is 0 Å². The van der Waals surface area contributed by atoms with Crippen molar-refractivity contribution in [3.8, 4) is 5.75 Å². The summed E-state index contributed by atoms with van der Waals surface area (Å²) in [5.41, 5.74) is 4.85. The molecule has 0 aliphatic rings. The fourth-order valence-electron chi connectivity index (χ4n) is 2.95. The Morgan fingerprint density at radius 3 is 2.36 bits per heavy atom. The van der Waals surface area contributed by atoms with Crippen LogP contribution in [0.15, 0.2) is 36.4 Å². The number of carbonyl (C=O) groups is 2. The molecule has 0 aliphatic heterocycles.